The fraction of sp³-hybridized carbons (Fsp3) is 0.471. The summed E-state index contributed by atoms with van der Waals surface area (Å²) in [7, 11) is 0. The number of aromatic nitrogens is 6. The Morgan fingerprint density at radius 3 is 2.59 bits per heavy atom. The molecule has 1 saturated carbocycles. The van der Waals surface area contributed by atoms with Crippen LogP contribution in [0.3, 0.4) is 0 Å². The van der Waals surface area contributed by atoms with Crippen LogP contribution in [0.5, 0.6) is 0 Å². The van der Waals surface area contributed by atoms with E-state index >= 15 is 0 Å². The van der Waals surface area contributed by atoms with Crippen molar-refractivity contribution in [3.8, 4) is 5.82 Å². The zero-order chi connectivity index (χ0) is 20.0. The van der Waals surface area contributed by atoms with Gasteiger partial charge in [-0.25, -0.2) is 19.9 Å². The number of nitrogens with zero attached hydrogens (tertiary/aromatic N) is 7. The van der Waals surface area contributed by atoms with Crippen LogP contribution < -0.4 is 10.2 Å². The maximum atomic E-state index is 13.4. The average Bonchev–Trinajstić information content (AvgIpc) is 3.43. The number of hydrogen-bond donors (Lipinski definition) is 1. The van der Waals surface area contributed by atoms with Crippen LogP contribution in [0.4, 0.5) is 24.9 Å². The summed E-state index contributed by atoms with van der Waals surface area (Å²) in [5, 5.41) is 3.02. The van der Waals surface area contributed by atoms with Crippen LogP contribution in [0.25, 0.3) is 17.0 Å². The Morgan fingerprint density at radius 2 is 1.86 bits per heavy atom. The molecule has 29 heavy (non-hydrogen) atoms. The molecule has 0 aromatic carbocycles. The first-order valence-electron chi connectivity index (χ1n) is 9.24. The molecule has 3 aromatic rings. The van der Waals surface area contributed by atoms with Crippen molar-refractivity contribution in [1.82, 2.24) is 29.5 Å². The molecule has 1 aliphatic carbocycles. The van der Waals surface area contributed by atoms with Gasteiger partial charge in [0.25, 0.3) is 0 Å². The van der Waals surface area contributed by atoms with Crippen molar-refractivity contribution in [3.05, 3.63) is 24.4 Å². The van der Waals surface area contributed by atoms with Crippen LogP contribution in [0.2, 0.25) is 0 Å². The quantitative estimate of drug-likeness (QED) is 0.704. The second kappa shape index (κ2) is 6.79. The number of fused-ring (bicyclic) bond motifs is 1. The van der Waals surface area contributed by atoms with Gasteiger partial charge in [0.05, 0.1) is 13.2 Å². The van der Waals surface area contributed by atoms with Gasteiger partial charge in [0.2, 0.25) is 11.8 Å². The summed E-state index contributed by atoms with van der Waals surface area (Å²) in [6.07, 6.45) is 0.0792. The third-order valence-electron chi connectivity index (χ3n) is 4.74. The molecule has 0 unspecified atom stereocenters. The number of morpholine rings is 1. The average molecular weight is 406 g/mol. The summed E-state index contributed by atoms with van der Waals surface area (Å²) in [6, 6.07) is 1.72. The highest BCUT2D eigenvalue weighted by Gasteiger charge is 2.37. The van der Waals surface area contributed by atoms with E-state index in [9.17, 15) is 13.2 Å². The van der Waals surface area contributed by atoms with Gasteiger partial charge < -0.3 is 15.0 Å². The van der Waals surface area contributed by atoms with Gasteiger partial charge in [-0.3, -0.25) is 4.57 Å². The molecular formula is C17H17F3N8O. The SMILES string of the molecule is FC(F)(F)c1nc(NC2CC2)c2ncn(-c3ccnc(N4CCOCC4)n3)c2n1. The maximum Gasteiger partial charge on any atom is 0.451 e. The Balaban J connectivity index is 1.60. The van der Waals surface area contributed by atoms with Crippen LogP contribution in [-0.2, 0) is 10.9 Å². The lowest BCUT2D eigenvalue weighted by molar-refractivity contribution is -0.144. The van der Waals surface area contributed by atoms with Gasteiger partial charge in [-0.2, -0.15) is 18.2 Å². The third kappa shape index (κ3) is 3.55. The van der Waals surface area contributed by atoms with Crippen LogP contribution in [0.15, 0.2) is 18.6 Å². The molecule has 12 heteroatoms. The first-order chi connectivity index (χ1) is 14.0. The number of halogens is 3. The molecule has 152 valence electrons. The molecule has 1 aliphatic heterocycles. The lowest BCUT2D eigenvalue weighted by Crippen LogP contribution is -2.37. The van der Waals surface area contributed by atoms with Gasteiger partial charge in [-0.1, -0.05) is 0 Å². The van der Waals surface area contributed by atoms with E-state index in [0.29, 0.717) is 38.1 Å². The molecule has 9 nitrogen and oxygen atoms in total. The second-order valence-corrected chi connectivity index (χ2v) is 6.91. The molecule has 0 bridgehead atoms. The molecule has 3 aromatic heterocycles. The number of imidazole rings is 1. The van der Waals surface area contributed by atoms with Crippen molar-refractivity contribution in [2.45, 2.75) is 25.1 Å². The van der Waals surface area contributed by atoms with Gasteiger partial charge >= 0.3 is 6.18 Å². The molecule has 0 atom stereocenters. The number of ether oxygens (including phenoxy) is 1. The fourth-order valence-corrected chi connectivity index (χ4v) is 3.11. The van der Waals surface area contributed by atoms with Gasteiger partial charge in [-0.05, 0) is 18.9 Å². The molecule has 0 spiro atoms. The van der Waals surface area contributed by atoms with Crippen molar-refractivity contribution in [3.63, 3.8) is 0 Å². The lowest BCUT2D eigenvalue weighted by Gasteiger charge is -2.26. The van der Waals surface area contributed by atoms with Crippen molar-refractivity contribution in [1.29, 1.82) is 0 Å². The fourth-order valence-electron chi connectivity index (χ4n) is 3.11. The smallest absolute Gasteiger partial charge is 0.378 e. The van der Waals surface area contributed by atoms with E-state index in [4.69, 9.17) is 4.74 Å². The Labute approximate surface area is 163 Å². The minimum atomic E-state index is -4.67. The van der Waals surface area contributed by atoms with Crippen LogP contribution in [0, 0.1) is 0 Å². The summed E-state index contributed by atoms with van der Waals surface area (Å²) in [4.78, 5) is 22.4. The molecule has 1 saturated heterocycles. The first kappa shape index (κ1) is 18.0. The lowest BCUT2D eigenvalue weighted by atomic mass is 10.4. The minimum Gasteiger partial charge on any atom is -0.378 e. The van der Waals surface area contributed by atoms with Crippen molar-refractivity contribution >= 4 is 22.9 Å². The molecule has 0 amide bonds. The molecule has 0 radical (unpaired) electrons. The van der Waals surface area contributed by atoms with Gasteiger partial charge in [0.1, 0.15) is 12.1 Å². The standard InChI is InChI=1S/C17H17F3N8O/c18-17(19,20)15-25-13(23-10-1-2-10)12-14(26-15)28(9-22-12)11-3-4-21-16(24-11)27-5-7-29-8-6-27/h3-4,9-10H,1-2,5-8H2,(H,23,25,26). The first-order valence-corrected chi connectivity index (χ1v) is 9.24. The summed E-state index contributed by atoms with van der Waals surface area (Å²) in [6.45, 7) is 2.42. The van der Waals surface area contributed by atoms with Gasteiger partial charge in [0.15, 0.2) is 17.0 Å². The predicted octanol–water partition coefficient (Wildman–Crippen LogP) is 2.04. The Morgan fingerprint density at radius 1 is 1.07 bits per heavy atom. The number of hydrogen-bond acceptors (Lipinski definition) is 8. The van der Waals surface area contributed by atoms with Gasteiger partial charge in [-0.15, -0.1) is 0 Å². The van der Waals surface area contributed by atoms with E-state index < -0.39 is 12.0 Å². The zero-order valence-electron chi connectivity index (χ0n) is 15.2. The highest BCUT2D eigenvalue weighted by molar-refractivity contribution is 5.84. The molecule has 2 aliphatic rings. The molecular weight excluding hydrogens is 389 g/mol. The number of nitrogens with one attached hydrogen (secondary N) is 1. The Hall–Kier alpha value is -3.02. The zero-order valence-corrected chi connectivity index (χ0v) is 15.2. The Kier molecular flexibility index (Phi) is 4.23. The normalized spacial score (nSPS) is 17.7. The van der Waals surface area contributed by atoms with Crippen molar-refractivity contribution < 1.29 is 17.9 Å². The van der Waals surface area contributed by atoms with E-state index in [1.54, 1.807) is 12.3 Å². The molecule has 5 rings (SSSR count). The van der Waals surface area contributed by atoms with E-state index in [2.05, 4.69) is 30.2 Å². The summed E-state index contributed by atoms with van der Waals surface area (Å²) in [5.74, 6) is -0.259. The van der Waals surface area contributed by atoms with E-state index in [1.165, 1.54) is 10.9 Å². The van der Waals surface area contributed by atoms with E-state index in [-0.39, 0.29) is 23.0 Å². The summed E-state index contributed by atoms with van der Waals surface area (Å²) >= 11 is 0. The molecule has 4 heterocycles. The van der Waals surface area contributed by atoms with E-state index in [0.717, 1.165) is 12.8 Å². The van der Waals surface area contributed by atoms with E-state index in [1.807, 2.05) is 4.90 Å². The minimum absolute atomic E-state index is 0.0436. The molecule has 2 fully saturated rings. The molecule has 1 N–H and O–H groups in total. The maximum absolute atomic E-state index is 13.4. The third-order valence-corrected chi connectivity index (χ3v) is 4.74. The highest BCUT2D eigenvalue weighted by Crippen LogP contribution is 2.33. The predicted molar refractivity (Wildman–Crippen MR) is 96.9 cm³/mol. The van der Waals surface area contributed by atoms with Crippen molar-refractivity contribution in [2.24, 2.45) is 0 Å². The summed E-state index contributed by atoms with van der Waals surface area (Å²) in [5.41, 5.74) is 0.318. The highest BCUT2D eigenvalue weighted by atomic mass is 19.4. The second-order valence-electron chi connectivity index (χ2n) is 6.91. The van der Waals surface area contributed by atoms with Crippen molar-refractivity contribution in [2.75, 3.05) is 36.5 Å². The van der Waals surface area contributed by atoms with Crippen LogP contribution in [0.1, 0.15) is 18.7 Å². The van der Waals surface area contributed by atoms with Crippen LogP contribution >= 0.6 is 0 Å². The van der Waals surface area contributed by atoms with Crippen LogP contribution in [-0.4, -0.2) is 61.8 Å². The Bertz CT molecular complexity index is 1040. The topological polar surface area (TPSA) is 93.9 Å². The summed E-state index contributed by atoms with van der Waals surface area (Å²) < 4.78 is 46.9. The largest absolute Gasteiger partial charge is 0.451 e. The number of anilines is 2. The number of rotatable bonds is 4. The number of alkyl halides is 3. The van der Waals surface area contributed by atoms with Gasteiger partial charge in [0, 0.05) is 25.3 Å². The monoisotopic (exact) mass is 406 g/mol.